The summed E-state index contributed by atoms with van der Waals surface area (Å²) in [5.41, 5.74) is -0.0118. The molecule has 2 aromatic carbocycles. The molecule has 0 amide bonds. The highest BCUT2D eigenvalue weighted by Crippen LogP contribution is 2.29. The Balaban J connectivity index is 1.64. The molecule has 0 aliphatic rings. The van der Waals surface area contributed by atoms with Gasteiger partial charge in [-0.2, -0.15) is 0 Å². The van der Waals surface area contributed by atoms with Crippen LogP contribution < -0.4 is 0 Å². The van der Waals surface area contributed by atoms with Crippen molar-refractivity contribution in [1.29, 1.82) is 0 Å². The highest BCUT2D eigenvalue weighted by Gasteiger charge is 2.39. The van der Waals surface area contributed by atoms with Gasteiger partial charge in [0, 0.05) is 16.5 Å². The molecule has 6 heteroatoms. The first-order valence-electron chi connectivity index (χ1n) is 8.53. The fraction of sp³-hybridized carbons (Fsp3) is 0.238. The molecular formula is C21H20ClNO4. The maximum atomic E-state index is 12.4. The summed E-state index contributed by atoms with van der Waals surface area (Å²) in [6.07, 6.45) is 1.55. The van der Waals surface area contributed by atoms with E-state index in [4.69, 9.17) is 20.8 Å². The molecule has 2 atom stereocenters. The van der Waals surface area contributed by atoms with Crippen molar-refractivity contribution in [2.45, 2.75) is 32.0 Å². The van der Waals surface area contributed by atoms with Crippen LogP contribution in [0.3, 0.4) is 0 Å². The van der Waals surface area contributed by atoms with E-state index in [1.807, 2.05) is 42.5 Å². The Labute approximate surface area is 162 Å². The summed E-state index contributed by atoms with van der Waals surface area (Å²) >= 11 is 5.87. The SMILES string of the molecule is C[C@H](c1ccccc1)[C@](C)(O)C(=O)OCc1ncc(-c2ccc(Cl)cc2)o1. The third kappa shape index (κ3) is 4.38. The lowest BCUT2D eigenvalue weighted by molar-refractivity contribution is -0.167. The van der Waals surface area contributed by atoms with E-state index < -0.39 is 17.5 Å². The van der Waals surface area contributed by atoms with E-state index in [0.717, 1.165) is 11.1 Å². The molecule has 1 heterocycles. The van der Waals surface area contributed by atoms with Crippen LogP contribution in [0.5, 0.6) is 0 Å². The van der Waals surface area contributed by atoms with Gasteiger partial charge in [0.1, 0.15) is 0 Å². The quantitative estimate of drug-likeness (QED) is 0.628. The van der Waals surface area contributed by atoms with Crippen molar-refractivity contribution in [1.82, 2.24) is 4.98 Å². The predicted octanol–water partition coefficient (Wildman–Crippen LogP) is 4.59. The van der Waals surface area contributed by atoms with E-state index in [-0.39, 0.29) is 12.5 Å². The first-order valence-corrected chi connectivity index (χ1v) is 8.91. The smallest absolute Gasteiger partial charge is 0.338 e. The number of halogens is 1. The van der Waals surface area contributed by atoms with E-state index >= 15 is 0 Å². The van der Waals surface area contributed by atoms with Crippen molar-refractivity contribution < 1.29 is 19.1 Å². The fourth-order valence-electron chi connectivity index (χ4n) is 2.64. The van der Waals surface area contributed by atoms with Gasteiger partial charge in [0.15, 0.2) is 18.0 Å². The molecule has 0 saturated heterocycles. The first kappa shape index (κ1) is 19.1. The number of carbonyl (C=O) groups is 1. The number of carbonyl (C=O) groups excluding carboxylic acids is 1. The van der Waals surface area contributed by atoms with Crippen LogP contribution >= 0.6 is 11.6 Å². The van der Waals surface area contributed by atoms with Crippen molar-refractivity contribution in [3.05, 3.63) is 77.3 Å². The van der Waals surface area contributed by atoms with E-state index in [0.29, 0.717) is 10.8 Å². The van der Waals surface area contributed by atoms with Crippen molar-refractivity contribution in [2.24, 2.45) is 0 Å². The molecule has 0 bridgehead atoms. The van der Waals surface area contributed by atoms with E-state index in [9.17, 15) is 9.90 Å². The Hall–Kier alpha value is -2.63. The molecule has 0 radical (unpaired) electrons. The van der Waals surface area contributed by atoms with Gasteiger partial charge in [-0.3, -0.25) is 0 Å². The second-order valence-electron chi connectivity index (χ2n) is 6.48. The molecular weight excluding hydrogens is 366 g/mol. The normalized spacial score (nSPS) is 14.4. The number of rotatable bonds is 6. The number of nitrogens with zero attached hydrogens (tertiary/aromatic N) is 1. The highest BCUT2D eigenvalue weighted by molar-refractivity contribution is 6.30. The van der Waals surface area contributed by atoms with Gasteiger partial charge >= 0.3 is 5.97 Å². The maximum Gasteiger partial charge on any atom is 0.338 e. The number of esters is 1. The minimum absolute atomic E-state index is 0.163. The molecule has 1 N–H and O–H groups in total. The molecule has 5 nitrogen and oxygen atoms in total. The minimum Gasteiger partial charge on any atom is -0.454 e. The molecule has 0 aliphatic carbocycles. The van der Waals surface area contributed by atoms with Gasteiger partial charge in [-0.25, -0.2) is 9.78 Å². The highest BCUT2D eigenvalue weighted by atomic mass is 35.5. The van der Waals surface area contributed by atoms with Crippen LogP contribution in [0, 0.1) is 0 Å². The van der Waals surface area contributed by atoms with Gasteiger partial charge in [-0.15, -0.1) is 0 Å². The number of ether oxygens (including phenoxy) is 1. The molecule has 0 aliphatic heterocycles. The summed E-state index contributed by atoms with van der Waals surface area (Å²) < 4.78 is 10.8. The second-order valence-corrected chi connectivity index (χ2v) is 6.92. The summed E-state index contributed by atoms with van der Waals surface area (Å²) in [5, 5.41) is 11.3. The number of benzene rings is 2. The zero-order valence-corrected chi connectivity index (χ0v) is 15.8. The lowest BCUT2D eigenvalue weighted by atomic mass is 9.85. The summed E-state index contributed by atoms with van der Waals surface area (Å²) in [5.74, 6) is -0.371. The van der Waals surface area contributed by atoms with Crippen molar-refractivity contribution >= 4 is 17.6 Å². The molecule has 1 aromatic heterocycles. The average molecular weight is 386 g/mol. The fourth-order valence-corrected chi connectivity index (χ4v) is 2.77. The van der Waals surface area contributed by atoms with Crippen molar-refractivity contribution in [2.75, 3.05) is 0 Å². The summed E-state index contributed by atoms with van der Waals surface area (Å²) in [6.45, 7) is 3.06. The second kappa shape index (κ2) is 7.94. The molecule has 0 fully saturated rings. The average Bonchev–Trinajstić information content (AvgIpc) is 3.15. The van der Waals surface area contributed by atoms with Gasteiger partial charge in [0.25, 0.3) is 0 Å². The van der Waals surface area contributed by atoms with Gasteiger partial charge in [0.2, 0.25) is 5.89 Å². The molecule has 27 heavy (non-hydrogen) atoms. The van der Waals surface area contributed by atoms with E-state index in [2.05, 4.69) is 4.98 Å². The predicted molar refractivity (Wildman–Crippen MR) is 102 cm³/mol. The summed E-state index contributed by atoms with van der Waals surface area (Å²) in [6, 6.07) is 16.4. The van der Waals surface area contributed by atoms with Gasteiger partial charge in [-0.1, -0.05) is 48.9 Å². The van der Waals surface area contributed by atoms with Crippen LogP contribution in [0.25, 0.3) is 11.3 Å². The maximum absolute atomic E-state index is 12.4. The van der Waals surface area contributed by atoms with Gasteiger partial charge < -0.3 is 14.3 Å². The molecule has 0 spiro atoms. The Bertz CT molecular complexity index is 903. The Morgan fingerprint density at radius 2 is 1.89 bits per heavy atom. The number of hydrogen-bond donors (Lipinski definition) is 1. The molecule has 3 rings (SSSR count). The summed E-state index contributed by atoms with van der Waals surface area (Å²) in [4.78, 5) is 16.5. The Kier molecular flexibility index (Phi) is 5.63. The zero-order chi connectivity index (χ0) is 19.4. The zero-order valence-electron chi connectivity index (χ0n) is 15.1. The first-order chi connectivity index (χ1) is 12.9. The number of aromatic nitrogens is 1. The largest absolute Gasteiger partial charge is 0.454 e. The minimum atomic E-state index is -1.67. The number of aliphatic hydroxyl groups is 1. The molecule has 140 valence electrons. The van der Waals surface area contributed by atoms with E-state index in [1.54, 1.807) is 25.3 Å². The van der Waals surface area contributed by atoms with Crippen molar-refractivity contribution in [3.63, 3.8) is 0 Å². The lowest BCUT2D eigenvalue weighted by Gasteiger charge is -2.28. The van der Waals surface area contributed by atoms with Gasteiger partial charge in [-0.05, 0) is 36.8 Å². The van der Waals surface area contributed by atoms with Crippen LogP contribution in [-0.4, -0.2) is 21.7 Å². The van der Waals surface area contributed by atoms with E-state index in [1.165, 1.54) is 6.92 Å². The van der Waals surface area contributed by atoms with Crippen LogP contribution in [-0.2, 0) is 16.1 Å². The van der Waals surface area contributed by atoms with Crippen molar-refractivity contribution in [3.8, 4) is 11.3 Å². The van der Waals surface area contributed by atoms with Crippen LogP contribution in [0.4, 0.5) is 0 Å². The molecule has 3 aromatic rings. The summed E-state index contributed by atoms with van der Waals surface area (Å²) in [7, 11) is 0. The third-order valence-electron chi connectivity index (χ3n) is 4.57. The Morgan fingerprint density at radius 1 is 1.22 bits per heavy atom. The third-order valence-corrected chi connectivity index (χ3v) is 4.82. The molecule has 0 saturated carbocycles. The number of oxazole rings is 1. The van der Waals surface area contributed by atoms with Crippen LogP contribution in [0.1, 0.15) is 31.2 Å². The van der Waals surface area contributed by atoms with Crippen LogP contribution in [0.15, 0.2) is 65.2 Å². The Morgan fingerprint density at radius 3 is 2.56 bits per heavy atom. The van der Waals surface area contributed by atoms with Gasteiger partial charge in [0.05, 0.1) is 6.20 Å². The topological polar surface area (TPSA) is 72.6 Å². The standard InChI is InChI=1S/C21H20ClNO4/c1-14(15-6-4-3-5-7-15)21(2,25)20(24)26-13-19-23-12-18(27-19)16-8-10-17(22)11-9-16/h3-12,14,25H,13H2,1-2H3/t14-,21+/m1/s1. The van der Waals surface area contributed by atoms with Crippen LogP contribution in [0.2, 0.25) is 5.02 Å². The monoisotopic (exact) mass is 385 g/mol. The lowest BCUT2D eigenvalue weighted by Crippen LogP contribution is -2.41. The molecule has 0 unspecified atom stereocenters. The number of hydrogen-bond acceptors (Lipinski definition) is 5.